The number of aryl methyl sites for hydroxylation is 3. The lowest BCUT2D eigenvalue weighted by atomic mass is 10.0. The van der Waals surface area contributed by atoms with Gasteiger partial charge in [0, 0.05) is 15.7 Å². The van der Waals surface area contributed by atoms with Gasteiger partial charge in [-0.05, 0) is 54.7 Å². The second-order valence-corrected chi connectivity index (χ2v) is 6.05. The number of para-hydroxylation sites is 1. The number of benzene rings is 2. The van der Waals surface area contributed by atoms with Crippen LogP contribution in [0.4, 0.5) is 5.69 Å². The highest BCUT2D eigenvalue weighted by molar-refractivity contribution is 9.10. The molecule has 0 aliphatic rings. The second-order valence-electron chi connectivity index (χ2n) is 5.13. The number of halogens is 1. The third-order valence-electron chi connectivity index (χ3n) is 3.54. The van der Waals surface area contributed by atoms with Gasteiger partial charge in [-0.2, -0.15) is 0 Å². The molecule has 1 amide bonds. The van der Waals surface area contributed by atoms with Crippen LogP contribution in [0.15, 0.2) is 40.9 Å². The maximum absolute atomic E-state index is 12.5. The molecule has 0 atom stereocenters. The van der Waals surface area contributed by atoms with Crippen LogP contribution < -0.4 is 5.32 Å². The van der Waals surface area contributed by atoms with Crippen molar-refractivity contribution in [1.29, 1.82) is 0 Å². The Bertz CT molecular complexity index is 622. The van der Waals surface area contributed by atoms with E-state index in [2.05, 4.69) is 53.3 Å². The zero-order chi connectivity index (χ0) is 15.4. The Labute approximate surface area is 134 Å². The fourth-order valence-corrected chi connectivity index (χ4v) is 3.06. The Balaban J connectivity index is 2.35. The highest BCUT2D eigenvalue weighted by Crippen LogP contribution is 2.24. The van der Waals surface area contributed by atoms with Crippen molar-refractivity contribution >= 4 is 27.5 Å². The molecule has 1 N–H and O–H groups in total. The van der Waals surface area contributed by atoms with Gasteiger partial charge in [0.2, 0.25) is 0 Å². The summed E-state index contributed by atoms with van der Waals surface area (Å²) in [5.41, 5.74) is 5.05. The summed E-state index contributed by atoms with van der Waals surface area (Å²) in [7, 11) is 0. The molecule has 0 aromatic heterocycles. The van der Waals surface area contributed by atoms with E-state index in [1.165, 1.54) is 11.1 Å². The third-order valence-corrected chi connectivity index (χ3v) is 4.00. The Morgan fingerprint density at radius 1 is 1.10 bits per heavy atom. The molecule has 0 radical (unpaired) electrons. The van der Waals surface area contributed by atoms with Crippen LogP contribution in [0.25, 0.3) is 0 Å². The van der Waals surface area contributed by atoms with Crippen molar-refractivity contribution in [2.45, 2.75) is 33.6 Å². The van der Waals surface area contributed by atoms with Crippen molar-refractivity contribution in [1.82, 2.24) is 0 Å². The summed E-state index contributed by atoms with van der Waals surface area (Å²) < 4.78 is 0.923. The van der Waals surface area contributed by atoms with E-state index in [1.807, 2.05) is 25.1 Å². The van der Waals surface area contributed by atoms with Crippen LogP contribution in [0, 0.1) is 6.92 Å². The number of anilines is 1. The summed E-state index contributed by atoms with van der Waals surface area (Å²) in [5, 5.41) is 3.09. The van der Waals surface area contributed by atoms with Crippen LogP contribution in [-0.2, 0) is 12.8 Å². The van der Waals surface area contributed by atoms with Crippen molar-refractivity contribution < 1.29 is 4.79 Å². The minimum Gasteiger partial charge on any atom is -0.321 e. The van der Waals surface area contributed by atoms with Gasteiger partial charge in [-0.1, -0.05) is 48.0 Å². The summed E-state index contributed by atoms with van der Waals surface area (Å²) in [4.78, 5) is 12.5. The maximum atomic E-state index is 12.5. The molecule has 0 bridgehead atoms. The normalized spacial score (nSPS) is 10.5. The smallest absolute Gasteiger partial charge is 0.255 e. The minimum atomic E-state index is -0.0602. The SMILES string of the molecule is CCc1cccc(CC)c1NC(=O)c1cc(C)cc(Br)c1. The molecular formula is C18H20BrNO. The molecule has 2 aromatic rings. The predicted octanol–water partition coefficient (Wildman–Crippen LogP) is 5.13. The zero-order valence-corrected chi connectivity index (χ0v) is 14.3. The lowest BCUT2D eigenvalue weighted by molar-refractivity contribution is 0.102. The van der Waals surface area contributed by atoms with Crippen LogP contribution in [-0.4, -0.2) is 5.91 Å². The van der Waals surface area contributed by atoms with E-state index in [9.17, 15) is 4.79 Å². The van der Waals surface area contributed by atoms with Gasteiger partial charge in [0.25, 0.3) is 5.91 Å². The van der Waals surface area contributed by atoms with Crippen molar-refractivity contribution in [2.75, 3.05) is 5.32 Å². The van der Waals surface area contributed by atoms with Gasteiger partial charge in [-0.3, -0.25) is 4.79 Å². The van der Waals surface area contributed by atoms with Crippen molar-refractivity contribution in [2.24, 2.45) is 0 Å². The predicted molar refractivity (Wildman–Crippen MR) is 92.0 cm³/mol. The van der Waals surface area contributed by atoms with E-state index < -0.39 is 0 Å². The maximum Gasteiger partial charge on any atom is 0.255 e. The molecule has 0 aliphatic carbocycles. The van der Waals surface area contributed by atoms with E-state index in [4.69, 9.17) is 0 Å². The highest BCUT2D eigenvalue weighted by atomic mass is 79.9. The van der Waals surface area contributed by atoms with E-state index in [-0.39, 0.29) is 5.91 Å². The van der Waals surface area contributed by atoms with Gasteiger partial charge in [0.15, 0.2) is 0 Å². The third kappa shape index (κ3) is 3.73. The molecule has 21 heavy (non-hydrogen) atoms. The fourth-order valence-electron chi connectivity index (χ4n) is 2.46. The second kappa shape index (κ2) is 6.90. The molecule has 110 valence electrons. The Morgan fingerprint density at radius 2 is 1.71 bits per heavy atom. The quantitative estimate of drug-likeness (QED) is 0.816. The number of nitrogens with one attached hydrogen (secondary N) is 1. The molecule has 0 spiro atoms. The highest BCUT2D eigenvalue weighted by Gasteiger charge is 2.12. The van der Waals surface area contributed by atoms with Crippen LogP contribution >= 0.6 is 15.9 Å². The zero-order valence-electron chi connectivity index (χ0n) is 12.7. The molecule has 0 fully saturated rings. The summed E-state index contributed by atoms with van der Waals surface area (Å²) in [6.07, 6.45) is 1.81. The summed E-state index contributed by atoms with van der Waals surface area (Å²) in [6.45, 7) is 6.19. The summed E-state index contributed by atoms with van der Waals surface area (Å²) in [5.74, 6) is -0.0602. The van der Waals surface area contributed by atoms with Gasteiger partial charge in [-0.15, -0.1) is 0 Å². The van der Waals surface area contributed by atoms with E-state index in [1.54, 1.807) is 0 Å². The lowest BCUT2D eigenvalue weighted by Gasteiger charge is -2.14. The van der Waals surface area contributed by atoms with E-state index >= 15 is 0 Å². The van der Waals surface area contributed by atoms with Gasteiger partial charge in [0.05, 0.1) is 0 Å². The molecule has 0 aliphatic heterocycles. The molecule has 0 unspecified atom stereocenters. The van der Waals surface area contributed by atoms with Crippen molar-refractivity contribution in [3.8, 4) is 0 Å². The molecule has 0 saturated carbocycles. The van der Waals surface area contributed by atoms with Gasteiger partial charge in [-0.25, -0.2) is 0 Å². The number of carbonyl (C=O) groups excluding carboxylic acids is 1. The molecule has 2 rings (SSSR count). The standard InChI is InChI=1S/C18H20BrNO/c1-4-13-7-6-8-14(5-2)17(13)20-18(21)15-9-12(3)10-16(19)11-15/h6-11H,4-5H2,1-3H3,(H,20,21). The number of hydrogen-bond donors (Lipinski definition) is 1. The first-order valence-electron chi connectivity index (χ1n) is 7.24. The average Bonchev–Trinajstić information content (AvgIpc) is 2.46. The van der Waals surface area contributed by atoms with Gasteiger partial charge >= 0.3 is 0 Å². The Kier molecular flexibility index (Phi) is 5.18. The van der Waals surface area contributed by atoms with E-state index in [0.29, 0.717) is 5.56 Å². The number of rotatable bonds is 4. The molecule has 2 nitrogen and oxygen atoms in total. The van der Waals surface area contributed by atoms with Gasteiger partial charge < -0.3 is 5.32 Å². The topological polar surface area (TPSA) is 29.1 Å². The first kappa shape index (κ1) is 15.8. The molecule has 3 heteroatoms. The van der Waals surface area contributed by atoms with Crippen LogP contribution in [0.1, 0.15) is 40.9 Å². The largest absolute Gasteiger partial charge is 0.321 e. The average molecular weight is 346 g/mol. The first-order chi connectivity index (χ1) is 10.0. The first-order valence-corrected chi connectivity index (χ1v) is 8.03. The fraction of sp³-hybridized carbons (Fsp3) is 0.278. The number of hydrogen-bond acceptors (Lipinski definition) is 1. The summed E-state index contributed by atoms with van der Waals surface area (Å²) >= 11 is 3.44. The van der Waals surface area contributed by atoms with Crippen molar-refractivity contribution in [3.63, 3.8) is 0 Å². The van der Waals surface area contributed by atoms with Crippen LogP contribution in [0.3, 0.4) is 0 Å². The minimum absolute atomic E-state index is 0.0602. The Morgan fingerprint density at radius 3 is 2.24 bits per heavy atom. The molecule has 0 saturated heterocycles. The number of amides is 1. The van der Waals surface area contributed by atoms with Crippen LogP contribution in [0.5, 0.6) is 0 Å². The Hall–Kier alpha value is -1.61. The summed E-state index contributed by atoms with van der Waals surface area (Å²) in [6, 6.07) is 11.9. The van der Waals surface area contributed by atoms with Crippen molar-refractivity contribution in [3.05, 3.63) is 63.1 Å². The monoisotopic (exact) mass is 345 g/mol. The number of carbonyl (C=O) groups is 1. The lowest BCUT2D eigenvalue weighted by Crippen LogP contribution is -2.15. The molecule has 0 heterocycles. The molecular weight excluding hydrogens is 326 g/mol. The van der Waals surface area contributed by atoms with Gasteiger partial charge in [0.1, 0.15) is 0 Å². The molecule has 2 aromatic carbocycles. The van der Waals surface area contributed by atoms with E-state index in [0.717, 1.165) is 28.6 Å². The van der Waals surface area contributed by atoms with Crippen LogP contribution in [0.2, 0.25) is 0 Å².